The van der Waals surface area contributed by atoms with Crippen LogP contribution in [0.5, 0.6) is 5.75 Å². The Labute approximate surface area is 188 Å². The number of carbonyl (C=O) groups is 2. The fourth-order valence-electron chi connectivity index (χ4n) is 4.29. The van der Waals surface area contributed by atoms with Crippen LogP contribution in [0, 0.1) is 5.92 Å². The molecule has 2 aromatic carbocycles. The Morgan fingerprint density at radius 2 is 1.48 bits per heavy atom. The van der Waals surface area contributed by atoms with Crippen molar-refractivity contribution in [2.75, 3.05) is 32.8 Å². The van der Waals surface area contributed by atoms with Crippen LogP contribution in [0.3, 0.4) is 0 Å². The van der Waals surface area contributed by atoms with Crippen molar-refractivity contribution in [3.63, 3.8) is 0 Å². The van der Waals surface area contributed by atoms with E-state index in [0.29, 0.717) is 23.1 Å². The number of carbonyl (C=O) groups excluding carboxylic acids is 2. The number of ether oxygens (including phenoxy) is 1. The quantitative estimate of drug-likeness (QED) is 0.664. The van der Waals surface area contributed by atoms with Gasteiger partial charge in [-0.15, -0.1) is 0 Å². The predicted octanol–water partition coefficient (Wildman–Crippen LogP) is 4.90. The lowest BCUT2D eigenvalue weighted by Gasteiger charge is -2.32. The molecule has 0 unspecified atom stereocenters. The Morgan fingerprint density at radius 3 is 2.16 bits per heavy atom. The molecule has 4 rings (SSSR count). The van der Waals surface area contributed by atoms with Crippen LogP contribution in [-0.2, 0) is 0 Å². The smallest absolute Gasteiger partial charge is 0.253 e. The number of nitrogens with zero attached hydrogens (tertiary/aromatic N) is 2. The summed E-state index contributed by atoms with van der Waals surface area (Å²) in [5.74, 6) is 1.35. The Bertz CT molecular complexity index is 901. The van der Waals surface area contributed by atoms with E-state index in [1.54, 1.807) is 12.1 Å². The highest BCUT2D eigenvalue weighted by Gasteiger charge is 2.24. The van der Waals surface area contributed by atoms with Crippen LogP contribution in [-0.4, -0.2) is 54.4 Å². The van der Waals surface area contributed by atoms with Crippen molar-refractivity contribution >= 4 is 23.4 Å². The van der Waals surface area contributed by atoms with Gasteiger partial charge in [0.25, 0.3) is 11.8 Å². The number of rotatable bonds is 5. The van der Waals surface area contributed by atoms with E-state index < -0.39 is 0 Å². The van der Waals surface area contributed by atoms with Gasteiger partial charge < -0.3 is 14.5 Å². The van der Waals surface area contributed by atoms with Crippen molar-refractivity contribution < 1.29 is 14.3 Å². The fraction of sp³-hybridized carbons (Fsp3) is 0.440. The van der Waals surface area contributed by atoms with Gasteiger partial charge >= 0.3 is 0 Å². The van der Waals surface area contributed by atoms with Gasteiger partial charge in [-0.2, -0.15) is 0 Å². The molecule has 0 atom stereocenters. The lowest BCUT2D eigenvalue weighted by molar-refractivity contribution is 0.0659. The van der Waals surface area contributed by atoms with Gasteiger partial charge in [0.2, 0.25) is 0 Å². The molecule has 0 aromatic heterocycles. The first-order valence-electron chi connectivity index (χ1n) is 11.2. The van der Waals surface area contributed by atoms with Gasteiger partial charge in [-0.05, 0) is 80.5 Å². The van der Waals surface area contributed by atoms with Crippen LogP contribution in [0.4, 0.5) is 0 Å². The fourth-order valence-corrected chi connectivity index (χ4v) is 4.48. The third-order valence-corrected chi connectivity index (χ3v) is 6.44. The highest BCUT2D eigenvalue weighted by molar-refractivity contribution is 6.30. The highest BCUT2D eigenvalue weighted by Crippen LogP contribution is 2.22. The Morgan fingerprint density at radius 1 is 0.839 bits per heavy atom. The van der Waals surface area contributed by atoms with Crippen molar-refractivity contribution in [3.05, 3.63) is 64.7 Å². The zero-order chi connectivity index (χ0) is 21.6. The molecule has 5 nitrogen and oxygen atoms in total. The van der Waals surface area contributed by atoms with Crippen molar-refractivity contribution in [2.45, 2.75) is 32.1 Å². The minimum Gasteiger partial charge on any atom is -0.493 e. The van der Waals surface area contributed by atoms with E-state index in [1.807, 2.05) is 46.2 Å². The molecule has 0 saturated carbocycles. The molecule has 164 valence electrons. The summed E-state index contributed by atoms with van der Waals surface area (Å²) in [6.07, 6.45) is 5.23. The van der Waals surface area contributed by atoms with Crippen LogP contribution in [0.25, 0.3) is 0 Å². The second-order valence-corrected chi connectivity index (χ2v) is 8.87. The van der Waals surface area contributed by atoms with Crippen molar-refractivity contribution in [2.24, 2.45) is 5.92 Å². The number of amides is 2. The van der Waals surface area contributed by atoms with Crippen LogP contribution in [0.1, 0.15) is 52.8 Å². The minimum atomic E-state index is 0.0378. The van der Waals surface area contributed by atoms with Crippen LogP contribution >= 0.6 is 11.6 Å². The first-order valence-corrected chi connectivity index (χ1v) is 11.5. The number of halogens is 1. The average molecular weight is 441 g/mol. The molecule has 2 aromatic rings. The summed E-state index contributed by atoms with van der Waals surface area (Å²) in [6, 6.07) is 14.6. The molecule has 6 heteroatoms. The van der Waals surface area contributed by atoms with Crippen LogP contribution in [0.15, 0.2) is 48.5 Å². The number of likely N-dealkylation sites (tertiary alicyclic amines) is 2. The number of hydrogen-bond donors (Lipinski definition) is 0. The molecular formula is C25H29ClN2O3. The molecule has 0 N–H and O–H groups in total. The molecule has 31 heavy (non-hydrogen) atoms. The SMILES string of the molecule is O=C(c1ccc(OCC2CCN(C(=O)c3cccc(Cl)c3)CC2)cc1)N1CCCCC1. The predicted molar refractivity (Wildman–Crippen MR) is 122 cm³/mol. The van der Waals surface area contributed by atoms with E-state index in [2.05, 4.69) is 0 Å². The molecule has 2 aliphatic heterocycles. The second kappa shape index (κ2) is 10.2. The maximum Gasteiger partial charge on any atom is 0.253 e. The monoisotopic (exact) mass is 440 g/mol. The molecule has 0 radical (unpaired) electrons. The number of hydrogen-bond acceptors (Lipinski definition) is 3. The van der Waals surface area contributed by atoms with E-state index >= 15 is 0 Å². The van der Waals surface area contributed by atoms with E-state index in [-0.39, 0.29) is 11.8 Å². The maximum atomic E-state index is 12.6. The van der Waals surface area contributed by atoms with Crippen molar-refractivity contribution in [1.82, 2.24) is 9.80 Å². The molecule has 2 saturated heterocycles. The van der Waals surface area contributed by atoms with Gasteiger partial charge in [-0.3, -0.25) is 9.59 Å². The molecule has 2 amide bonds. The summed E-state index contributed by atoms with van der Waals surface area (Å²) >= 11 is 6.01. The van der Waals surface area contributed by atoms with Crippen molar-refractivity contribution in [3.8, 4) is 5.75 Å². The summed E-state index contributed by atoms with van der Waals surface area (Å²) in [5.41, 5.74) is 1.36. The lowest BCUT2D eigenvalue weighted by Crippen LogP contribution is -2.39. The van der Waals surface area contributed by atoms with Gasteiger partial charge in [0, 0.05) is 42.3 Å². The molecule has 0 aliphatic carbocycles. The van der Waals surface area contributed by atoms with E-state index in [4.69, 9.17) is 16.3 Å². The van der Waals surface area contributed by atoms with Gasteiger partial charge in [0.15, 0.2) is 0 Å². The third kappa shape index (κ3) is 5.59. The number of benzene rings is 2. The van der Waals surface area contributed by atoms with Crippen LogP contribution in [0.2, 0.25) is 5.02 Å². The topological polar surface area (TPSA) is 49.9 Å². The molecule has 2 fully saturated rings. The summed E-state index contributed by atoms with van der Waals surface area (Å²) < 4.78 is 5.98. The molecule has 0 bridgehead atoms. The lowest BCUT2D eigenvalue weighted by atomic mass is 9.97. The van der Waals surface area contributed by atoms with E-state index in [9.17, 15) is 9.59 Å². The van der Waals surface area contributed by atoms with Crippen LogP contribution < -0.4 is 4.74 Å². The molecule has 0 spiro atoms. The van der Waals surface area contributed by atoms with E-state index in [0.717, 1.165) is 63.2 Å². The summed E-state index contributed by atoms with van der Waals surface area (Å²) in [6.45, 7) is 3.79. The van der Waals surface area contributed by atoms with Gasteiger partial charge in [-0.25, -0.2) is 0 Å². The normalized spacial score (nSPS) is 17.5. The average Bonchev–Trinajstić information content (AvgIpc) is 2.83. The standard InChI is InChI=1S/C25H29ClN2O3/c26-22-6-4-5-21(17-22)25(30)28-15-11-19(12-16-28)18-31-23-9-7-20(8-10-23)24(29)27-13-2-1-3-14-27/h4-10,17,19H,1-3,11-16,18H2. The van der Waals surface area contributed by atoms with E-state index in [1.165, 1.54) is 6.42 Å². The molecule has 2 heterocycles. The molecule has 2 aliphatic rings. The van der Waals surface area contributed by atoms with Gasteiger partial charge in [0.05, 0.1) is 6.61 Å². The Balaban J connectivity index is 1.23. The first kappa shape index (κ1) is 21.7. The van der Waals surface area contributed by atoms with Crippen molar-refractivity contribution in [1.29, 1.82) is 0 Å². The van der Waals surface area contributed by atoms with Gasteiger partial charge in [-0.1, -0.05) is 17.7 Å². The molecular weight excluding hydrogens is 412 g/mol. The Kier molecular flexibility index (Phi) is 7.13. The second-order valence-electron chi connectivity index (χ2n) is 8.43. The zero-order valence-electron chi connectivity index (χ0n) is 17.8. The zero-order valence-corrected chi connectivity index (χ0v) is 18.5. The minimum absolute atomic E-state index is 0.0378. The maximum absolute atomic E-state index is 12.6. The summed E-state index contributed by atoms with van der Waals surface area (Å²) in [7, 11) is 0. The third-order valence-electron chi connectivity index (χ3n) is 6.20. The summed E-state index contributed by atoms with van der Waals surface area (Å²) in [4.78, 5) is 29.0. The highest BCUT2D eigenvalue weighted by atomic mass is 35.5. The number of piperidine rings is 2. The Hall–Kier alpha value is -2.53. The van der Waals surface area contributed by atoms with Gasteiger partial charge in [0.1, 0.15) is 5.75 Å². The first-order chi connectivity index (χ1) is 15.1. The largest absolute Gasteiger partial charge is 0.493 e. The summed E-state index contributed by atoms with van der Waals surface area (Å²) in [5, 5.41) is 0.581.